The second-order valence-electron chi connectivity index (χ2n) is 6.96. The third-order valence-electron chi connectivity index (χ3n) is 5.02. The van der Waals surface area contributed by atoms with Crippen LogP contribution in [0.5, 0.6) is 5.88 Å². The van der Waals surface area contributed by atoms with E-state index in [0.29, 0.717) is 17.1 Å². The lowest BCUT2D eigenvalue weighted by Crippen LogP contribution is -2.25. The largest absolute Gasteiger partial charge is 0.479 e. The molecule has 0 radical (unpaired) electrons. The van der Waals surface area contributed by atoms with Gasteiger partial charge in [0.05, 0.1) is 12.0 Å². The molecule has 0 amide bonds. The van der Waals surface area contributed by atoms with Crippen LogP contribution in [0, 0.1) is 13.8 Å². The normalized spacial score (nSPS) is 15.1. The van der Waals surface area contributed by atoms with Crippen LogP contribution >= 0.6 is 0 Å². The number of nitrogens with zero attached hydrogens (tertiary/aromatic N) is 2. The maximum absolute atomic E-state index is 12.9. The summed E-state index contributed by atoms with van der Waals surface area (Å²) < 4.78 is 33.9. The Bertz CT molecular complexity index is 942. The topological polar surface area (TPSA) is 71.5 Å². The van der Waals surface area contributed by atoms with E-state index < -0.39 is 10.0 Å². The molecule has 3 rings (SSSR count). The number of sulfonamides is 1. The summed E-state index contributed by atoms with van der Waals surface area (Å²) in [5, 5.41) is 0. The van der Waals surface area contributed by atoms with Gasteiger partial charge in [-0.3, -0.25) is 4.72 Å². The zero-order valence-electron chi connectivity index (χ0n) is 16.4. The molecule has 1 aromatic carbocycles. The van der Waals surface area contributed by atoms with Gasteiger partial charge in [-0.15, -0.1) is 0 Å². The Balaban J connectivity index is 1.96. The SMILES string of the molecule is CCN1CCc2cc(NS(=O)(=O)c3ccc(C)cc3C)c(OC)nc2CC1. The number of rotatable bonds is 5. The number of anilines is 1. The molecule has 146 valence electrons. The first-order valence-electron chi connectivity index (χ1n) is 9.23. The lowest BCUT2D eigenvalue weighted by atomic mass is 10.1. The molecule has 0 fully saturated rings. The van der Waals surface area contributed by atoms with Crippen LogP contribution in [0.15, 0.2) is 29.2 Å². The van der Waals surface area contributed by atoms with E-state index in [4.69, 9.17) is 4.74 Å². The molecule has 27 heavy (non-hydrogen) atoms. The van der Waals surface area contributed by atoms with Gasteiger partial charge in [-0.05, 0) is 50.1 Å². The number of nitrogens with one attached hydrogen (secondary N) is 1. The monoisotopic (exact) mass is 389 g/mol. The minimum atomic E-state index is -3.72. The van der Waals surface area contributed by atoms with E-state index in [1.807, 2.05) is 19.1 Å². The number of aryl methyl sites for hydroxylation is 2. The summed E-state index contributed by atoms with van der Waals surface area (Å²) in [6.45, 7) is 8.78. The van der Waals surface area contributed by atoms with E-state index in [0.717, 1.165) is 49.3 Å². The average molecular weight is 390 g/mol. The van der Waals surface area contributed by atoms with Crippen LogP contribution in [-0.4, -0.2) is 45.0 Å². The highest BCUT2D eigenvalue weighted by Gasteiger charge is 2.22. The van der Waals surface area contributed by atoms with E-state index in [-0.39, 0.29) is 4.90 Å². The second-order valence-corrected chi connectivity index (χ2v) is 8.61. The summed E-state index contributed by atoms with van der Waals surface area (Å²) in [6.07, 6.45) is 1.68. The average Bonchev–Trinajstić information content (AvgIpc) is 2.82. The standard InChI is InChI=1S/C20H27N3O3S/c1-5-23-10-8-16-13-18(20(26-4)21-17(16)9-11-23)22-27(24,25)19-7-6-14(2)12-15(19)3/h6-7,12-13,22H,5,8-11H2,1-4H3. The lowest BCUT2D eigenvalue weighted by molar-refractivity contribution is 0.303. The summed E-state index contributed by atoms with van der Waals surface area (Å²) in [5.41, 5.74) is 4.18. The molecule has 0 bridgehead atoms. The zero-order chi connectivity index (χ0) is 19.6. The molecule has 0 spiro atoms. The summed E-state index contributed by atoms with van der Waals surface area (Å²) in [4.78, 5) is 7.23. The number of benzene rings is 1. The highest BCUT2D eigenvalue weighted by molar-refractivity contribution is 7.92. The molecule has 6 nitrogen and oxygen atoms in total. The molecule has 7 heteroatoms. The zero-order valence-corrected chi connectivity index (χ0v) is 17.2. The maximum Gasteiger partial charge on any atom is 0.262 e. The lowest BCUT2D eigenvalue weighted by Gasteiger charge is -2.16. The maximum atomic E-state index is 12.9. The van der Waals surface area contributed by atoms with Crippen LogP contribution in [0.25, 0.3) is 0 Å². The van der Waals surface area contributed by atoms with Crippen LogP contribution < -0.4 is 9.46 Å². The Morgan fingerprint density at radius 3 is 2.59 bits per heavy atom. The Morgan fingerprint density at radius 1 is 1.19 bits per heavy atom. The number of likely N-dealkylation sites (N-methyl/N-ethyl adjacent to an activating group) is 1. The number of fused-ring (bicyclic) bond motifs is 1. The first-order valence-corrected chi connectivity index (χ1v) is 10.7. The number of hydrogen-bond acceptors (Lipinski definition) is 5. The molecule has 0 unspecified atom stereocenters. The minimum absolute atomic E-state index is 0.266. The van der Waals surface area contributed by atoms with Crippen LogP contribution in [0.3, 0.4) is 0 Å². The van der Waals surface area contributed by atoms with E-state index >= 15 is 0 Å². The summed E-state index contributed by atoms with van der Waals surface area (Å²) >= 11 is 0. The van der Waals surface area contributed by atoms with Crippen LogP contribution in [-0.2, 0) is 22.9 Å². The Kier molecular flexibility index (Phi) is 5.72. The van der Waals surface area contributed by atoms with Crippen molar-refractivity contribution in [2.24, 2.45) is 0 Å². The summed E-state index contributed by atoms with van der Waals surface area (Å²) in [5.74, 6) is 0.312. The second kappa shape index (κ2) is 7.86. The van der Waals surface area contributed by atoms with Crippen LogP contribution in [0.1, 0.15) is 29.3 Å². The Hall–Kier alpha value is -2.12. The highest BCUT2D eigenvalue weighted by Crippen LogP contribution is 2.30. The number of methoxy groups -OCH3 is 1. The van der Waals surface area contributed by atoms with E-state index in [2.05, 4.69) is 21.5 Å². The molecule has 1 aliphatic rings. The minimum Gasteiger partial charge on any atom is -0.479 e. The van der Waals surface area contributed by atoms with Gasteiger partial charge >= 0.3 is 0 Å². The number of aromatic nitrogens is 1. The fourth-order valence-corrected chi connectivity index (χ4v) is 4.78. The van der Waals surface area contributed by atoms with Gasteiger partial charge in [-0.2, -0.15) is 0 Å². The predicted octanol–water partition coefficient (Wildman–Crippen LogP) is 2.93. The molecule has 0 atom stereocenters. The van der Waals surface area contributed by atoms with Gasteiger partial charge in [-0.25, -0.2) is 13.4 Å². The van der Waals surface area contributed by atoms with Gasteiger partial charge in [0.1, 0.15) is 5.69 Å². The molecule has 2 aromatic rings. The quantitative estimate of drug-likeness (QED) is 0.851. The third-order valence-corrected chi connectivity index (χ3v) is 6.55. The first kappa shape index (κ1) is 19.6. The van der Waals surface area contributed by atoms with Gasteiger partial charge in [0.15, 0.2) is 0 Å². The molecule has 0 saturated carbocycles. The molecule has 1 aromatic heterocycles. The third kappa shape index (κ3) is 4.25. The van der Waals surface area contributed by atoms with Crippen molar-refractivity contribution in [2.45, 2.75) is 38.5 Å². The fourth-order valence-electron chi connectivity index (χ4n) is 3.51. The van der Waals surface area contributed by atoms with Crippen molar-refractivity contribution in [1.29, 1.82) is 0 Å². The summed E-state index contributed by atoms with van der Waals surface area (Å²) in [6, 6.07) is 7.17. The first-order chi connectivity index (χ1) is 12.8. The number of ether oxygens (including phenoxy) is 1. The number of hydrogen-bond donors (Lipinski definition) is 1. The van der Waals surface area contributed by atoms with Crippen molar-refractivity contribution in [3.63, 3.8) is 0 Å². The molecule has 1 N–H and O–H groups in total. The smallest absolute Gasteiger partial charge is 0.262 e. The van der Waals surface area contributed by atoms with Crippen LogP contribution in [0.2, 0.25) is 0 Å². The molecular formula is C20H27N3O3S. The summed E-state index contributed by atoms with van der Waals surface area (Å²) in [7, 11) is -2.21. The van der Waals surface area contributed by atoms with Crippen molar-refractivity contribution in [3.8, 4) is 5.88 Å². The predicted molar refractivity (Wildman–Crippen MR) is 107 cm³/mol. The van der Waals surface area contributed by atoms with Crippen molar-refractivity contribution < 1.29 is 13.2 Å². The highest BCUT2D eigenvalue weighted by atomic mass is 32.2. The number of pyridine rings is 1. The van der Waals surface area contributed by atoms with E-state index in [9.17, 15) is 8.42 Å². The fraction of sp³-hybridized carbons (Fsp3) is 0.450. The molecule has 0 aliphatic carbocycles. The van der Waals surface area contributed by atoms with Gasteiger partial charge in [-0.1, -0.05) is 24.6 Å². The molecular weight excluding hydrogens is 362 g/mol. The van der Waals surface area contributed by atoms with Crippen molar-refractivity contribution >= 4 is 15.7 Å². The van der Waals surface area contributed by atoms with Gasteiger partial charge < -0.3 is 9.64 Å². The van der Waals surface area contributed by atoms with Gasteiger partial charge in [0, 0.05) is 25.2 Å². The Labute approximate surface area is 161 Å². The molecule has 2 heterocycles. The van der Waals surface area contributed by atoms with Crippen molar-refractivity contribution in [2.75, 3.05) is 31.5 Å². The van der Waals surface area contributed by atoms with E-state index in [1.54, 1.807) is 19.1 Å². The van der Waals surface area contributed by atoms with Gasteiger partial charge in [0.25, 0.3) is 10.0 Å². The van der Waals surface area contributed by atoms with Crippen LogP contribution in [0.4, 0.5) is 5.69 Å². The molecule has 0 saturated heterocycles. The Morgan fingerprint density at radius 2 is 1.93 bits per heavy atom. The van der Waals surface area contributed by atoms with E-state index in [1.165, 1.54) is 7.11 Å². The molecule has 1 aliphatic heterocycles. The van der Waals surface area contributed by atoms with Gasteiger partial charge in [0.2, 0.25) is 5.88 Å². The van der Waals surface area contributed by atoms with Crippen molar-refractivity contribution in [3.05, 3.63) is 46.6 Å². The van der Waals surface area contributed by atoms with Crippen molar-refractivity contribution in [1.82, 2.24) is 9.88 Å².